The van der Waals surface area contributed by atoms with Crippen LogP contribution in [0.2, 0.25) is 0 Å². The summed E-state index contributed by atoms with van der Waals surface area (Å²) in [6, 6.07) is 0. The van der Waals surface area contributed by atoms with Crippen molar-refractivity contribution in [1.29, 1.82) is 0 Å². The number of likely N-dealkylation sites (tertiary alicyclic amines) is 1. The number of amides is 1. The molecule has 0 aromatic heterocycles. The number of carbonyl (C=O) groups excluding carboxylic acids is 1. The van der Waals surface area contributed by atoms with E-state index in [1.165, 1.54) is 32.1 Å². The van der Waals surface area contributed by atoms with Gasteiger partial charge in [0.25, 0.3) is 0 Å². The zero-order valence-corrected chi connectivity index (χ0v) is 11.4. The van der Waals surface area contributed by atoms with Crippen LogP contribution < -0.4 is 0 Å². The van der Waals surface area contributed by atoms with Gasteiger partial charge < -0.3 is 4.90 Å². The first-order valence-corrected chi connectivity index (χ1v) is 7.67. The molecule has 1 atom stereocenters. The van der Waals surface area contributed by atoms with Crippen molar-refractivity contribution in [1.82, 2.24) is 4.90 Å². The first-order valence-electron chi connectivity index (χ1n) is 7.13. The van der Waals surface area contributed by atoms with Crippen molar-refractivity contribution < 1.29 is 4.79 Å². The number of hydrogen-bond acceptors (Lipinski definition) is 1. The van der Waals surface area contributed by atoms with E-state index in [2.05, 4.69) is 4.90 Å². The molecule has 0 aromatic carbocycles. The minimum atomic E-state index is 0.399. The minimum absolute atomic E-state index is 0.399. The van der Waals surface area contributed by atoms with E-state index in [-0.39, 0.29) is 0 Å². The van der Waals surface area contributed by atoms with Gasteiger partial charge in [0.05, 0.1) is 0 Å². The molecule has 0 radical (unpaired) electrons. The number of carbonyl (C=O) groups is 1. The summed E-state index contributed by atoms with van der Waals surface area (Å²) >= 11 is 5.80. The number of hydrogen-bond donors (Lipinski definition) is 0. The summed E-state index contributed by atoms with van der Waals surface area (Å²) in [6.07, 6.45) is 9.47. The van der Waals surface area contributed by atoms with Crippen LogP contribution in [0, 0.1) is 11.8 Å². The summed E-state index contributed by atoms with van der Waals surface area (Å²) in [4.78, 5) is 14.3. The molecule has 2 aliphatic rings. The smallest absolute Gasteiger partial charge is 0.222 e. The fourth-order valence-electron chi connectivity index (χ4n) is 3.27. The number of rotatable bonds is 4. The fourth-order valence-corrected chi connectivity index (χ4v) is 3.58. The lowest BCUT2D eigenvalue weighted by molar-refractivity contribution is -0.134. The molecule has 1 heterocycles. The van der Waals surface area contributed by atoms with Crippen LogP contribution in [0.15, 0.2) is 0 Å². The Bertz CT molecular complexity index is 249. The second-order valence-electron chi connectivity index (χ2n) is 5.68. The third kappa shape index (κ3) is 3.87. The van der Waals surface area contributed by atoms with Gasteiger partial charge in [0.2, 0.25) is 5.91 Å². The molecule has 1 amide bonds. The van der Waals surface area contributed by atoms with Crippen LogP contribution in [0.5, 0.6) is 0 Å². The summed E-state index contributed by atoms with van der Waals surface area (Å²) in [5.74, 6) is 2.45. The second kappa shape index (κ2) is 6.63. The van der Waals surface area contributed by atoms with Crippen molar-refractivity contribution in [2.45, 2.75) is 51.4 Å². The molecule has 0 aromatic rings. The first-order chi connectivity index (χ1) is 8.29. The van der Waals surface area contributed by atoms with E-state index in [9.17, 15) is 4.79 Å². The van der Waals surface area contributed by atoms with E-state index in [0.717, 1.165) is 38.2 Å². The quantitative estimate of drug-likeness (QED) is 0.707. The van der Waals surface area contributed by atoms with Gasteiger partial charge in [0.1, 0.15) is 0 Å². The predicted octanol–water partition coefficient (Wildman–Crippen LogP) is 3.43. The Morgan fingerprint density at radius 2 is 1.82 bits per heavy atom. The molecule has 17 heavy (non-hydrogen) atoms. The third-order valence-corrected chi connectivity index (χ3v) is 4.55. The Labute approximate surface area is 110 Å². The third-order valence-electron chi connectivity index (χ3n) is 4.33. The first kappa shape index (κ1) is 13.2. The van der Waals surface area contributed by atoms with Crippen LogP contribution in [0.1, 0.15) is 51.4 Å². The molecule has 2 nitrogen and oxygen atoms in total. The van der Waals surface area contributed by atoms with Gasteiger partial charge in [-0.3, -0.25) is 4.79 Å². The van der Waals surface area contributed by atoms with Gasteiger partial charge in [-0.2, -0.15) is 0 Å². The van der Waals surface area contributed by atoms with Crippen molar-refractivity contribution in [2.24, 2.45) is 11.8 Å². The zero-order valence-electron chi connectivity index (χ0n) is 10.7. The molecule has 2 rings (SSSR count). The van der Waals surface area contributed by atoms with Gasteiger partial charge in [-0.05, 0) is 43.9 Å². The zero-order chi connectivity index (χ0) is 12.1. The van der Waals surface area contributed by atoms with Crippen LogP contribution in [-0.2, 0) is 4.79 Å². The largest absolute Gasteiger partial charge is 0.342 e. The van der Waals surface area contributed by atoms with Crippen LogP contribution in [-0.4, -0.2) is 29.8 Å². The summed E-state index contributed by atoms with van der Waals surface area (Å²) in [5.41, 5.74) is 0. The lowest BCUT2D eigenvalue weighted by Gasteiger charge is -2.33. The molecule has 1 unspecified atom stereocenters. The maximum absolute atomic E-state index is 12.2. The van der Waals surface area contributed by atoms with Gasteiger partial charge in [-0.1, -0.05) is 12.8 Å². The monoisotopic (exact) mass is 257 g/mol. The minimum Gasteiger partial charge on any atom is -0.342 e. The van der Waals surface area contributed by atoms with E-state index >= 15 is 0 Å². The molecule has 98 valence electrons. The molecule has 1 aliphatic carbocycles. The highest BCUT2D eigenvalue weighted by Gasteiger charge is 2.26. The standard InChI is InChI=1S/C14H24ClNO/c15-8-7-13-6-3-9-16(11-13)14(17)10-12-4-1-2-5-12/h12-13H,1-11H2. The number of piperidine rings is 1. The molecule has 0 spiro atoms. The molecule has 2 fully saturated rings. The van der Waals surface area contributed by atoms with Gasteiger partial charge in [0, 0.05) is 25.4 Å². The average Bonchev–Trinajstić information content (AvgIpc) is 2.83. The van der Waals surface area contributed by atoms with Crippen LogP contribution in [0.4, 0.5) is 0 Å². The van der Waals surface area contributed by atoms with Crippen molar-refractivity contribution in [3.8, 4) is 0 Å². The highest BCUT2D eigenvalue weighted by Crippen LogP contribution is 2.29. The normalized spacial score (nSPS) is 26.4. The Kier molecular flexibility index (Phi) is 5.15. The molecule has 0 bridgehead atoms. The van der Waals surface area contributed by atoms with Gasteiger partial charge in [0.15, 0.2) is 0 Å². The highest BCUT2D eigenvalue weighted by atomic mass is 35.5. The summed E-state index contributed by atoms with van der Waals surface area (Å²) in [5, 5.41) is 0. The molecule has 0 N–H and O–H groups in total. The van der Waals surface area contributed by atoms with Crippen LogP contribution in [0.3, 0.4) is 0 Å². The van der Waals surface area contributed by atoms with Crippen LogP contribution >= 0.6 is 11.6 Å². The van der Waals surface area contributed by atoms with Crippen LogP contribution in [0.25, 0.3) is 0 Å². The van der Waals surface area contributed by atoms with Crippen molar-refractivity contribution in [3.63, 3.8) is 0 Å². The van der Waals surface area contributed by atoms with E-state index < -0.39 is 0 Å². The Morgan fingerprint density at radius 3 is 2.53 bits per heavy atom. The van der Waals surface area contributed by atoms with Gasteiger partial charge in [-0.25, -0.2) is 0 Å². The second-order valence-corrected chi connectivity index (χ2v) is 6.06. The SMILES string of the molecule is O=C(CC1CCCC1)N1CCCC(CCCl)C1. The lowest BCUT2D eigenvalue weighted by Crippen LogP contribution is -2.40. The molecular formula is C14H24ClNO. The maximum atomic E-state index is 12.2. The highest BCUT2D eigenvalue weighted by molar-refractivity contribution is 6.17. The molecule has 1 saturated heterocycles. The predicted molar refractivity (Wildman–Crippen MR) is 71.2 cm³/mol. The van der Waals surface area contributed by atoms with E-state index in [4.69, 9.17) is 11.6 Å². The number of halogens is 1. The maximum Gasteiger partial charge on any atom is 0.222 e. The van der Waals surface area contributed by atoms with Gasteiger partial charge in [-0.15, -0.1) is 11.6 Å². The lowest BCUT2D eigenvalue weighted by atomic mass is 9.94. The molecule has 3 heteroatoms. The van der Waals surface area contributed by atoms with Crippen molar-refractivity contribution >= 4 is 17.5 Å². The summed E-state index contributed by atoms with van der Waals surface area (Å²) < 4.78 is 0. The Balaban J connectivity index is 1.77. The molecule has 1 saturated carbocycles. The Hall–Kier alpha value is -0.240. The van der Waals surface area contributed by atoms with Crippen molar-refractivity contribution in [2.75, 3.05) is 19.0 Å². The number of alkyl halides is 1. The topological polar surface area (TPSA) is 20.3 Å². The van der Waals surface area contributed by atoms with E-state index in [1.807, 2.05) is 0 Å². The Morgan fingerprint density at radius 1 is 1.12 bits per heavy atom. The number of nitrogens with zero attached hydrogens (tertiary/aromatic N) is 1. The summed E-state index contributed by atoms with van der Waals surface area (Å²) in [7, 11) is 0. The van der Waals surface area contributed by atoms with E-state index in [0.29, 0.717) is 17.7 Å². The molecule has 1 aliphatic heterocycles. The van der Waals surface area contributed by atoms with Crippen molar-refractivity contribution in [3.05, 3.63) is 0 Å². The molecular weight excluding hydrogens is 234 g/mol. The van der Waals surface area contributed by atoms with Gasteiger partial charge >= 0.3 is 0 Å². The average molecular weight is 258 g/mol. The summed E-state index contributed by atoms with van der Waals surface area (Å²) in [6.45, 7) is 1.93. The fraction of sp³-hybridized carbons (Fsp3) is 0.929. The van der Waals surface area contributed by atoms with E-state index in [1.54, 1.807) is 0 Å².